The van der Waals surface area contributed by atoms with Crippen LogP contribution in [-0.2, 0) is 0 Å². The summed E-state index contributed by atoms with van der Waals surface area (Å²) in [6.07, 6.45) is 9.62. The zero-order valence-electron chi connectivity index (χ0n) is 21.9. The summed E-state index contributed by atoms with van der Waals surface area (Å²) in [5, 5.41) is 8.59. The third kappa shape index (κ3) is 13.3. The normalized spacial score (nSPS) is 9.00. The maximum atomic E-state index is 4.18. The fourth-order valence-electron chi connectivity index (χ4n) is 2.97. The monoisotopic (exact) mass is 542 g/mol. The quantitative estimate of drug-likeness (QED) is 0.236. The van der Waals surface area contributed by atoms with Gasteiger partial charge in [0.05, 0.1) is 5.52 Å². The summed E-state index contributed by atoms with van der Waals surface area (Å²) >= 11 is 1.71. The predicted molar refractivity (Wildman–Crippen MR) is 166 cm³/mol. The molecule has 0 spiro atoms. The molecule has 1 N–H and O–H groups in total. The van der Waals surface area contributed by atoms with Crippen molar-refractivity contribution >= 4 is 33.6 Å². The van der Waals surface area contributed by atoms with Crippen LogP contribution < -0.4 is 5.32 Å². The highest BCUT2D eigenvalue weighted by atomic mass is 32.1. The van der Waals surface area contributed by atoms with Crippen LogP contribution in [0.4, 0.5) is 11.4 Å². The van der Waals surface area contributed by atoms with Crippen molar-refractivity contribution in [2.75, 3.05) is 5.32 Å². The molecule has 6 nitrogen and oxygen atoms in total. The van der Waals surface area contributed by atoms with Crippen molar-refractivity contribution in [1.29, 1.82) is 0 Å². The Balaban J connectivity index is 0.000000145. The van der Waals surface area contributed by atoms with E-state index in [1.54, 1.807) is 23.7 Å². The van der Waals surface area contributed by atoms with Gasteiger partial charge >= 0.3 is 0 Å². The van der Waals surface area contributed by atoms with Crippen LogP contribution in [0, 0.1) is 0 Å². The second kappa shape index (κ2) is 19.8. The number of benzene rings is 3. The molecule has 0 saturated heterocycles. The third-order valence-corrected chi connectivity index (χ3v) is 5.37. The number of thiophene rings is 1. The topological polar surface area (TPSA) is 76.5 Å². The van der Waals surface area contributed by atoms with E-state index < -0.39 is 0 Å². The Hall–Kier alpha value is -5.27. The van der Waals surface area contributed by atoms with Gasteiger partial charge in [0.2, 0.25) is 0 Å². The lowest BCUT2D eigenvalue weighted by molar-refractivity contribution is 1.05. The van der Waals surface area contributed by atoms with Gasteiger partial charge in [-0.1, -0.05) is 78.9 Å². The molecule has 198 valence electrons. The van der Waals surface area contributed by atoms with Crippen molar-refractivity contribution in [1.82, 2.24) is 24.9 Å². The lowest BCUT2D eigenvalue weighted by atomic mass is 10.2. The van der Waals surface area contributed by atoms with E-state index in [-0.39, 0.29) is 0 Å². The summed E-state index contributed by atoms with van der Waals surface area (Å²) in [5.74, 6) is 0. The number of pyridine rings is 2. The van der Waals surface area contributed by atoms with Gasteiger partial charge in [-0.3, -0.25) is 9.97 Å². The van der Waals surface area contributed by atoms with Gasteiger partial charge in [0.1, 0.15) is 19.0 Å². The first kappa shape index (κ1) is 29.3. The van der Waals surface area contributed by atoms with Crippen molar-refractivity contribution in [2.45, 2.75) is 0 Å². The lowest BCUT2D eigenvalue weighted by Crippen LogP contribution is -1.87. The van der Waals surface area contributed by atoms with Crippen LogP contribution in [0.5, 0.6) is 0 Å². The maximum absolute atomic E-state index is 4.18. The Morgan fingerprint density at radius 2 is 0.925 bits per heavy atom. The molecule has 0 aliphatic rings. The molecule has 0 fully saturated rings. The van der Waals surface area contributed by atoms with Gasteiger partial charge in [-0.2, -0.15) is 11.3 Å². The molecule has 4 aromatic heterocycles. The first-order chi connectivity index (χ1) is 19.9. The summed E-state index contributed by atoms with van der Waals surface area (Å²) < 4.78 is 0. The van der Waals surface area contributed by atoms with Crippen molar-refractivity contribution in [3.05, 3.63) is 176 Å². The number of hydrogen-bond acceptors (Lipinski definition) is 7. The smallest absolute Gasteiger partial charge is 0.119 e. The van der Waals surface area contributed by atoms with Gasteiger partial charge in [-0.15, -0.1) is 0 Å². The Labute approximate surface area is 239 Å². The number of anilines is 2. The molecule has 4 heterocycles. The SMILES string of the molecule is c1ccc(Nc2ccccc2)cc1.c1ccc2ncccc2c1.c1ccncc1.c1ccsc1.c1ncncn1. The second-order valence-corrected chi connectivity index (χ2v) is 8.48. The molecular weight excluding hydrogens is 512 g/mol. The zero-order valence-corrected chi connectivity index (χ0v) is 22.7. The average molecular weight is 543 g/mol. The molecule has 0 amide bonds. The number of rotatable bonds is 2. The predicted octanol–water partition coefficient (Wildman–Crippen LogP) is 8.37. The summed E-state index contributed by atoms with van der Waals surface area (Å²) in [5.41, 5.74) is 3.30. The van der Waals surface area contributed by atoms with Crippen LogP contribution in [0.3, 0.4) is 0 Å². The molecule has 0 bridgehead atoms. The van der Waals surface area contributed by atoms with Crippen molar-refractivity contribution in [2.24, 2.45) is 0 Å². The molecule has 0 radical (unpaired) electrons. The fraction of sp³-hybridized carbons (Fsp3) is 0. The highest BCUT2D eigenvalue weighted by Crippen LogP contribution is 2.14. The van der Waals surface area contributed by atoms with Gasteiger partial charge in [0.15, 0.2) is 0 Å². The number of nitrogens with one attached hydrogen (secondary N) is 1. The van der Waals surface area contributed by atoms with E-state index in [1.165, 1.54) is 24.4 Å². The molecular formula is C33H30N6S. The standard InChI is InChI=1S/C12H11N.C9H7N.C5H5N.C4H4S.C3H3N3/c1-3-7-11(8-4-1)13-12-9-5-2-6-10-12;1-2-6-9-8(4-1)5-3-7-10-9;1-2-4-6-5-3-1;1-2-4-5-3-1;1-4-2-6-3-5-1/h1-10,13H;1-7H;1-5H;1-4H;1-3H. The van der Waals surface area contributed by atoms with E-state index in [2.05, 4.69) is 42.4 Å². The largest absolute Gasteiger partial charge is 0.356 e. The summed E-state index contributed by atoms with van der Waals surface area (Å²) in [4.78, 5) is 18.7. The van der Waals surface area contributed by atoms with Crippen molar-refractivity contribution in [3.63, 3.8) is 0 Å². The molecule has 3 aromatic carbocycles. The number of nitrogens with zero attached hydrogens (tertiary/aromatic N) is 5. The van der Waals surface area contributed by atoms with Gasteiger partial charge in [-0.25, -0.2) is 15.0 Å². The van der Waals surface area contributed by atoms with Crippen LogP contribution in [0.25, 0.3) is 10.9 Å². The molecule has 0 unspecified atom stereocenters. The minimum absolute atomic E-state index is 1.06. The van der Waals surface area contributed by atoms with Crippen molar-refractivity contribution < 1.29 is 0 Å². The zero-order chi connectivity index (χ0) is 27.8. The Kier molecular flexibility index (Phi) is 14.5. The lowest BCUT2D eigenvalue weighted by Gasteiger charge is -2.04. The van der Waals surface area contributed by atoms with Crippen LogP contribution in [0.15, 0.2) is 176 Å². The Morgan fingerprint density at radius 3 is 1.35 bits per heavy atom. The summed E-state index contributed by atoms with van der Waals surface area (Å²) in [6.45, 7) is 0. The van der Waals surface area contributed by atoms with Gasteiger partial charge in [-0.05, 0) is 59.3 Å². The van der Waals surface area contributed by atoms with Crippen LogP contribution in [0.1, 0.15) is 0 Å². The first-order valence-corrected chi connectivity index (χ1v) is 13.4. The Morgan fingerprint density at radius 1 is 0.425 bits per heavy atom. The minimum Gasteiger partial charge on any atom is -0.356 e. The minimum atomic E-state index is 1.06. The molecule has 0 saturated carbocycles. The molecule has 40 heavy (non-hydrogen) atoms. The Bertz CT molecular complexity index is 1300. The van der Waals surface area contributed by atoms with E-state index in [1.807, 2.05) is 132 Å². The fourth-order valence-corrected chi connectivity index (χ4v) is 3.42. The van der Waals surface area contributed by atoms with E-state index in [0.717, 1.165) is 16.9 Å². The molecule has 7 rings (SSSR count). The van der Waals surface area contributed by atoms with E-state index in [0.29, 0.717) is 0 Å². The van der Waals surface area contributed by atoms with Crippen molar-refractivity contribution in [3.8, 4) is 0 Å². The average Bonchev–Trinajstić information content (AvgIpc) is 3.66. The van der Waals surface area contributed by atoms with Gasteiger partial charge in [0.25, 0.3) is 0 Å². The van der Waals surface area contributed by atoms with Gasteiger partial charge in [0, 0.05) is 35.4 Å². The molecule has 0 aliphatic heterocycles. The molecule has 0 aliphatic carbocycles. The maximum Gasteiger partial charge on any atom is 0.119 e. The molecule has 0 atom stereocenters. The number of fused-ring (bicyclic) bond motifs is 1. The molecule has 7 aromatic rings. The molecule has 7 heteroatoms. The summed E-state index contributed by atoms with van der Waals surface area (Å²) in [6, 6.07) is 42.1. The third-order valence-electron chi connectivity index (χ3n) is 4.74. The highest BCUT2D eigenvalue weighted by molar-refractivity contribution is 7.07. The number of hydrogen-bond donors (Lipinski definition) is 1. The van der Waals surface area contributed by atoms with Gasteiger partial charge < -0.3 is 5.32 Å². The first-order valence-electron chi connectivity index (χ1n) is 12.5. The second-order valence-electron chi connectivity index (χ2n) is 7.66. The number of para-hydroxylation sites is 3. The number of aromatic nitrogens is 5. The van der Waals surface area contributed by atoms with E-state index >= 15 is 0 Å². The van der Waals surface area contributed by atoms with E-state index in [9.17, 15) is 0 Å². The summed E-state index contributed by atoms with van der Waals surface area (Å²) in [7, 11) is 0. The van der Waals surface area contributed by atoms with Crippen LogP contribution in [-0.4, -0.2) is 24.9 Å². The van der Waals surface area contributed by atoms with E-state index in [4.69, 9.17) is 0 Å². The van der Waals surface area contributed by atoms with Crippen LogP contribution in [0.2, 0.25) is 0 Å². The highest BCUT2D eigenvalue weighted by Gasteiger charge is 1.90. The van der Waals surface area contributed by atoms with Crippen LogP contribution >= 0.6 is 11.3 Å².